The molecule has 8 aromatic carbocycles. The molecule has 0 unspecified atom stereocenters. The zero-order valence-corrected chi connectivity index (χ0v) is 39.9. The number of nitrogens with one attached hydrogen (secondary N) is 2. The molecule has 0 amide bonds. The smallest absolute Gasteiger partial charge is 0.186 e. The van der Waals surface area contributed by atoms with Crippen molar-refractivity contribution in [2.75, 3.05) is 17.4 Å². The highest BCUT2D eigenvalue weighted by atomic mass is 16.6. The number of benzene rings is 8. The molecule has 3 aliphatic rings. The first-order chi connectivity index (χ1) is 34.9. The number of nitrogens with zero attached hydrogens (tertiary/aromatic N) is 1. The van der Waals surface area contributed by atoms with E-state index in [-0.39, 0.29) is 0 Å². The van der Waals surface area contributed by atoms with Crippen LogP contribution in [0.4, 0.5) is 17.1 Å². The number of para-hydroxylation sites is 1. The standard InChI is InChI=1S/C65H51N3O3/c1-4-5-6-13-42-24-33-56-49(63(42)70-39-69)31-32-50-57(65(56)54-17-10-7-14-47(54)48-15-8-11-18-55(48)65)38-60(62-51-16-9-12-19-61(51)71-64(50)62)68-58-34-29-45(66-43-25-20-40(2)21-26-43)36-52(58)53-37-46(30-35-59(53)68)67-44-27-22-41(3)23-28-44/h4-22,24-27,29-38,66-67,69H,23,28,39H2,1-3H3/b5-4-,13-6-. The summed E-state index contributed by atoms with van der Waals surface area (Å²) in [5.41, 5.74) is 20.5. The summed E-state index contributed by atoms with van der Waals surface area (Å²) in [6.45, 7) is 5.85. The highest BCUT2D eigenvalue weighted by Gasteiger charge is 2.50. The van der Waals surface area contributed by atoms with Crippen molar-refractivity contribution in [2.45, 2.75) is 39.0 Å². The van der Waals surface area contributed by atoms with Crippen molar-refractivity contribution in [1.82, 2.24) is 4.57 Å². The van der Waals surface area contributed by atoms with Gasteiger partial charge in [0, 0.05) is 55.6 Å². The normalized spacial score (nSPS) is 14.5. The highest BCUT2D eigenvalue weighted by molar-refractivity contribution is 6.17. The van der Waals surface area contributed by atoms with E-state index in [0.717, 1.165) is 107 Å². The number of rotatable bonds is 9. The quantitative estimate of drug-likeness (QED) is 0.0994. The molecule has 0 fully saturated rings. The largest absolute Gasteiger partial charge is 0.466 e. The van der Waals surface area contributed by atoms with Crippen LogP contribution in [-0.4, -0.2) is 16.5 Å². The Labute approximate surface area is 412 Å². The molecule has 0 saturated heterocycles. The Bertz CT molecular complexity index is 3940. The number of anilines is 3. The van der Waals surface area contributed by atoms with Gasteiger partial charge in [0.15, 0.2) is 6.79 Å². The fourth-order valence-corrected chi connectivity index (χ4v) is 11.7. The Morgan fingerprint density at radius 1 is 0.634 bits per heavy atom. The predicted molar refractivity (Wildman–Crippen MR) is 295 cm³/mol. The minimum absolute atomic E-state index is 0.471. The van der Waals surface area contributed by atoms with Crippen LogP contribution in [-0.2, 0) is 5.41 Å². The average Bonchev–Trinajstić information content (AvgIpc) is 4.01. The average molecular weight is 922 g/mol. The first-order valence-corrected chi connectivity index (χ1v) is 24.6. The lowest BCUT2D eigenvalue weighted by Crippen LogP contribution is -2.30. The number of hydrogen-bond donors (Lipinski definition) is 3. The summed E-state index contributed by atoms with van der Waals surface area (Å²) in [5, 5.41) is 22.4. The van der Waals surface area contributed by atoms with Crippen molar-refractivity contribution in [3.63, 3.8) is 0 Å². The Kier molecular flexibility index (Phi) is 10.1. The monoisotopic (exact) mass is 921 g/mol. The van der Waals surface area contributed by atoms with E-state index in [9.17, 15) is 5.11 Å². The lowest BCUT2D eigenvalue weighted by atomic mass is 9.65. The molecule has 0 saturated carbocycles. The van der Waals surface area contributed by atoms with E-state index in [4.69, 9.17) is 9.15 Å². The minimum Gasteiger partial charge on any atom is -0.466 e. The summed E-state index contributed by atoms with van der Waals surface area (Å²) >= 11 is 0. The molecule has 2 aromatic heterocycles. The second-order valence-electron chi connectivity index (χ2n) is 19.1. The zero-order valence-electron chi connectivity index (χ0n) is 39.9. The van der Waals surface area contributed by atoms with E-state index < -0.39 is 12.2 Å². The molecular weight excluding hydrogens is 871 g/mol. The summed E-state index contributed by atoms with van der Waals surface area (Å²) in [4.78, 5) is 0. The van der Waals surface area contributed by atoms with Gasteiger partial charge in [0.05, 0.1) is 27.5 Å². The fourth-order valence-electron chi connectivity index (χ4n) is 11.7. The van der Waals surface area contributed by atoms with Crippen LogP contribution in [0.25, 0.3) is 78.8 Å². The number of aryl methyl sites for hydroxylation is 1. The maximum atomic E-state index is 10.6. The zero-order chi connectivity index (χ0) is 47.8. The highest BCUT2D eigenvalue weighted by Crippen LogP contribution is 2.61. The van der Waals surface area contributed by atoms with E-state index in [2.05, 4.69) is 205 Å². The molecule has 344 valence electrons. The second kappa shape index (κ2) is 16.8. The maximum Gasteiger partial charge on any atom is 0.186 e. The molecule has 71 heavy (non-hydrogen) atoms. The van der Waals surface area contributed by atoms with Crippen LogP contribution in [0.1, 0.15) is 71.2 Å². The number of ether oxygens (including phenoxy) is 1. The van der Waals surface area contributed by atoms with Gasteiger partial charge in [-0.3, -0.25) is 0 Å². The molecule has 0 aliphatic heterocycles. The van der Waals surface area contributed by atoms with Crippen LogP contribution in [0.5, 0.6) is 5.75 Å². The summed E-state index contributed by atoms with van der Waals surface area (Å²) in [5.74, 6) is 0.620. The SMILES string of the molecule is C/C=C\C=C/c1ccc2c(c1OCO)C=Cc1c(cc(-n3c4ccc(NC5=CC=C(C)CC5)cc4c4cc(Nc5ccc(C)cc5)ccc43)c3c1oc1ccccc13)C21c2ccccc2-c2ccccc21. The molecule has 0 bridgehead atoms. The first-order valence-electron chi connectivity index (χ1n) is 24.6. The Balaban J connectivity index is 1.15. The lowest BCUT2D eigenvalue weighted by Gasteiger charge is -2.36. The number of allylic oxidation sites excluding steroid dienone is 7. The molecule has 1 spiro atoms. The lowest BCUT2D eigenvalue weighted by molar-refractivity contribution is 0.0980. The molecule has 2 heterocycles. The molecule has 6 heteroatoms. The van der Waals surface area contributed by atoms with Crippen molar-refractivity contribution in [2.24, 2.45) is 0 Å². The molecule has 10 aromatic rings. The third kappa shape index (κ3) is 6.66. The van der Waals surface area contributed by atoms with Gasteiger partial charge in [0.2, 0.25) is 0 Å². The van der Waals surface area contributed by atoms with E-state index in [0.29, 0.717) is 5.75 Å². The number of hydrogen-bond acceptors (Lipinski definition) is 5. The minimum atomic E-state index is -0.843. The van der Waals surface area contributed by atoms with Gasteiger partial charge in [-0.2, -0.15) is 0 Å². The Morgan fingerprint density at radius 3 is 2.01 bits per heavy atom. The third-order valence-electron chi connectivity index (χ3n) is 14.9. The second-order valence-corrected chi connectivity index (χ2v) is 19.1. The van der Waals surface area contributed by atoms with Gasteiger partial charge in [-0.15, -0.1) is 0 Å². The predicted octanol–water partition coefficient (Wildman–Crippen LogP) is 16.5. The number of aromatic nitrogens is 1. The van der Waals surface area contributed by atoms with Crippen LogP contribution < -0.4 is 15.4 Å². The first kappa shape index (κ1) is 42.5. The molecule has 0 atom stereocenters. The summed E-state index contributed by atoms with van der Waals surface area (Å²) in [6, 6.07) is 55.1. The number of aliphatic hydroxyl groups excluding tert-OH is 1. The van der Waals surface area contributed by atoms with Gasteiger partial charge in [0.1, 0.15) is 16.9 Å². The number of fused-ring (bicyclic) bond motifs is 16. The van der Waals surface area contributed by atoms with Crippen LogP contribution >= 0.6 is 0 Å². The third-order valence-corrected chi connectivity index (χ3v) is 14.9. The maximum absolute atomic E-state index is 10.6. The van der Waals surface area contributed by atoms with Gasteiger partial charge in [-0.25, -0.2) is 0 Å². The molecule has 6 nitrogen and oxygen atoms in total. The fraction of sp³-hybridized carbons (Fsp3) is 0.108. The van der Waals surface area contributed by atoms with Crippen molar-refractivity contribution in [3.8, 4) is 22.6 Å². The van der Waals surface area contributed by atoms with E-state index in [1.165, 1.54) is 39.1 Å². The van der Waals surface area contributed by atoms with Gasteiger partial charge >= 0.3 is 0 Å². The van der Waals surface area contributed by atoms with E-state index >= 15 is 0 Å². The molecule has 0 radical (unpaired) electrons. The number of furan rings is 1. The molecular formula is C65H51N3O3. The van der Waals surface area contributed by atoms with Crippen molar-refractivity contribution in [1.29, 1.82) is 0 Å². The Hall–Kier alpha value is -8.58. The van der Waals surface area contributed by atoms with Gasteiger partial charge < -0.3 is 29.5 Å². The van der Waals surface area contributed by atoms with E-state index in [1.54, 1.807) is 0 Å². The van der Waals surface area contributed by atoms with Crippen molar-refractivity contribution in [3.05, 3.63) is 238 Å². The summed E-state index contributed by atoms with van der Waals surface area (Å²) in [6.07, 6.45) is 18.9. The number of aliphatic hydroxyl groups is 1. The van der Waals surface area contributed by atoms with Gasteiger partial charge in [0.25, 0.3) is 0 Å². The van der Waals surface area contributed by atoms with Crippen LogP contribution in [0, 0.1) is 6.92 Å². The summed E-state index contributed by atoms with van der Waals surface area (Å²) < 4.78 is 16.0. The van der Waals surface area contributed by atoms with Gasteiger partial charge in [-0.1, -0.05) is 145 Å². The van der Waals surface area contributed by atoms with E-state index in [1.807, 2.05) is 31.2 Å². The topological polar surface area (TPSA) is 71.6 Å². The molecule has 3 N–H and O–H groups in total. The Morgan fingerprint density at radius 2 is 1.31 bits per heavy atom. The van der Waals surface area contributed by atoms with Crippen molar-refractivity contribution >= 4 is 79.0 Å². The van der Waals surface area contributed by atoms with Gasteiger partial charge in [-0.05, 0) is 134 Å². The molecule has 3 aliphatic carbocycles. The van der Waals surface area contributed by atoms with Crippen LogP contribution in [0.15, 0.2) is 198 Å². The molecule has 13 rings (SSSR count). The van der Waals surface area contributed by atoms with Crippen LogP contribution in [0.2, 0.25) is 0 Å². The van der Waals surface area contributed by atoms with Crippen LogP contribution in [0.3, 0.4) is 0 Å². The van der Waals surface area contributed by atoms with Crippen molar-refractivity contribution < 1.29 is 14.3 Å². The summed E-state index contributed by atoms with van der Waals surface area (Å²) in [7, 11) is 0.